The fraction of sp³-hybridized carbons (Fsp3) is 0.294. The molecule has 1 heterocycles. The Bertz CT molecular complexity index is 632. The molecule has 0 radical (unpaired) electrons. The van der Waals surface area contributed by atoms with Crippen LogP contribution in [0.4, 0.5) is 11.5 Å². The number of ether oxygens (including phenoxy) is 1. The first-order valence-corrected chi connectivity index (χ1v) is 8.20. The van der Waals surface area contributed by atoms with Crippen LogP contribution >= 0.6 is 15.9 Å². The lowest BCUT2D eigenvalue weighted by Gasteiger charge is -2.08. The van der Waals surface area contributed by atoms with Crippen molar-refractivity contribution in [3.63, 3.8) is 0 Å². The van der Waals surface area contributed by atoms with Crippen LogP contribution in [-0.4, -0.2) is 31.2 Å². The van der Waals surface area contributed by atoms with E-state index in [-0.39, 0.29) is 5.91 Å². The standard InChI is InChI=1S/C17H20BrN3O2/c1-23-9-3-8-19-16-7-6-15(12-20-16)21-17(22)11-13-4-2-5-14(18)10-13/h2,4-7,10,12H,3,8-9,11H2,1H3,(H,19,20)(H,21,22). The minimum Gasteiger partial charge on any atom is -0.385 e. The summed E-state index contributed by atoms with van der Waals surface area (Å²) in [6.45, 7) is 1.52. The van der Waals surface area contributed by atoms with Crippen LogP contribution in [0.2, 0.25) is 0 Å². The fourth-order valence-corrected chi connectivity index (χ4v) is 2.49. The van der Waals surface area contributed by atoms with Crippen molar-refractivity contribution in [1.82, 2.24) is 4.98 Å². The first-order valence-electron chi connectivity index (χ1n) is 7.40. The minimum absolute atomic E-state index is 0.0642. The number of amides is 1. The maximum Gasteiger partial charge on any atom is 0.228 e. The number of hydrogen-bond donors (Lipinski definition) is 2. The molecule has 0 aliphatic heterocycles. The van der Waals surface area contributed by atoms with Gasteiger partial charge in [0.15, 0.2) is 0 Å². The summed E-state index contributed by atoms with van der Waals surface area (Å²) in [6, 6.07) is 11.4. The van der Waals surface area contributed by atoms with Crippen LogP contribution < -0.4 is 10.6 Å². The molecule has 0 aliphatic rings. The predicted octanol–water partition coefficient (Wildman–Crippen LogP) is 3.47. The highest BCUT2D eigenvalue weighted by Crippen LogP contribution is 2.14. The molecule has 0 saturated heterocycles. The zero-order valence-electron chi connectivity index (χ0n) is 13.0. The smallest absolute Gasteiger partial charge is 0.228 e. The Morgan fingerprint density at radius 2 is 2.17 bits per heavy atom. The van der Waals surface area contributed by atoms with Gasteiger partial charge in [-0.3, -0.25) is 4.79 Å². The van der Waals surface area contributed by atoms with Crippen molar-refractivity contribution in [1.29, 1.82) is 0 Å². The summed E-state index contributed by atoms with van der Waals surface area (Å²) < 4.78 is 5.95. The number of halogens is 1. The number of carbonyl (C=O) groups is 1. The maximum absolute atomic E-state index is 12.0. The topological polar surface area (TPSA) is 63.2 Å². The molecule has 0 aliphatic carbocycles. The molecule has 0 bridgehead atoms. The van der Waals surface area contributed by atoms with Crippen LogP contribution in [0.5, 0.6) is 0 Å². The predicted molar refractivity (Wildman–Crippen MR) is 95.7 cm³/mol. The molecule has 6 heteroatoms. The van der Waals surface area contributed by atoms with Crippen molar-refractivity contribution < 1.29 is 9.53 Å². The molecule has 122 valence electrons. The van der Waals surface area contributed by atoms with Crippen LogP contribution in [-0.2, 0) is 16.0 Å². The van der Waals surface area contributed by atoms with E-state index in [0.717, 1.165) is 35.4 Å². The first kappa shape index (κ1) is 17.4. The summed E-state index contributed by atoms with van der Waals surface area (Å²) in [6.07, 6.45) is 2.90. The molecule has 0 saturated carbocycles. The van der Waals surface area contributed by atoms with Crippen LogP contribution in [0.15, 0.2) is 47.1 Å². The number of nitrogens with one attached hydrogen (secondary N) is 2. The molecular formula is C17H20BrN3O2. The molecule has 5 nitrogen and oxygen atoms in total. The van der Waals surface area contributed by atoms with Gasteiger partial charge in [-0.05, 0) is 36.2 Å². The molecule has 23 heavy (non-hydrogen) atoms. The molecule has 0 fully saturated rings. The van der Waals surface area contributed by atoms with Gasteiger partial charge in [-0.2, -0.15) is 0 Å². The second kappa shape index (κ2) is 9.27. The lowest BCUT2D eigenvalue weighted by Crippen LogP contribution is -2.14. The molecule has 0 unspecified atom stereocenters. The highest BCUT2D eigenvalue weighted by atomic mass is 79.9. The first-order chi connectivity index (χ1) is 11.2. The Kier molecular flexibility index (Phi) is 7.03. The van der Waals surface area contributed by atoms with Crippen LogP contribution in [0, 0.1) is 0 Å². The van der Waals surface area contributed by atoms with E-state index >= 15 is 0 Å². The maximum atomic E-state index is 12.0. The van der Waals surface area contributed by atoms with Crippen molar-refractivity contribution in [3.05, 3.63) is 52.6 Å². The van der Waals surface area contributed by atoms with Crippen LogP contribution in [0.1, 0.15) is 12.0 Å². The van der Waals surface area contributed by atoms with Gasteiger partial charge in [0.05, 0.1) is 18.3 Å². The third-order valence-electron chi connectivity index (χ3n) is 3.13. The Labute approximate surface area is 144 Å². The molecule has 0 spiro atoms. The Morgan fingerprint density at radius 1 is 1.30 bits per heavy atom. The molecule has 1 aromatic heterocycles. The average Bonchev–Trinajstić information content (AvgIpc) is 2.53. The van der Waals surface area contributed by atoms with E-state index in [2.05, 4.69) is 31.5 Å². The van der Waals surface area contributed by atoms with E-state index in [4.69, 9.17) is 4.74 Å². The second-order valence-electron chi connectivity index (χ2n) is 5.06. The van der Waals surface area contributed by atoms with Gasteiger partial charge in [-0.15, -0.1) is 0 Å². The van der Waals surface area contributed by atoms with Gasteiger partial charge in [0.25, 0.3) is 0 Å². The number of hydrogen-bond acceptors (Lipinski definition) is 4. The summed E-state index contributed by atoms with van der Waals surface area (Å²) in [4.78, 5) is 16.3. The summed E-state index contributed by atoms with van der Waals surface area (Å²) in [7, 11) is 1.68. The number of benzene rings is 1. The highest BCUT2D eigenvalue weighted by Gasteiger charge is 2.05. The van der Waals surface area contributed by atoms with Crippen molar-refractivity contribution >= 4 is 33.3 Å². The van der Waals surface area contributed by atoms with Gasteiger partial charge in [0.2, 0.25) is 5.91 Å². The lowest BCUT2D eigenvalue weighted by molar-refractivity contribution is -0.115. The monoisotopic (exact) mass is 377 g/mol. The minimum atomic E-state index is -0.0642. The molecule has 1 amide bonds. The summed E-state index contributed by atoms with van der Waals surface area (Å²) in [5.74, 6) is 0.719. The summed E-state index contributed by atoms with van der Waals surface area (Å²) >= 11 is 3.40. The number of methoxy groups -OCH3 is 1. The molecule has 1 aromatic carbocycles. The van der Waals surface area contributed by atoms with Crippen molar-refractivity contribution in [2.75, 3.05) is 30.9 Å². The van der Waals surface area contributed by atoms with Gasteiger partial charge in [-0.25, -0.2) is 4.98 Å². The van der Waals surface area contributed by atoms with Crippen molar-refractivity contribution in [3.8, 4) is 0 Å². The van der Waals surface area contributed by atoms with Gasteiger partial charge in [0.1, 0.15) is 5.82 Å². The Morgan fingerprint density at radius 3 is 2.87 bits per heavy atom. The molecule has 2 rings (SSSR count). The van der Waals surface area contributed by atoms with Crippen molar-refractivity contribution in [2.24, 2.45) is 0 Å². The lowest BCUT2D eigenvalue weighted by atomic mass is 10.1. The highest BCUT2D eigenvalue weighted by molar-refractivity contribution is 9.10. The van der Waals surface area contributed by atoms with E-state index in [0.29, 0.717) is 12.1 Å². The Balaban J connectivity index is 1.81. The molecule has 2 N–H and O–H groups in total. The summed E-state index contributed by atoms with van der Waals surface area (Å²) in [5, 5.41) is 6.05. The third kappa shape index (κ3) is 6.38. The number of nitrogens with zero attached hydrogens (tertiary/aromatic N) is 1. The van der Waals surface area contributed by atoms with Crippen LogP contribution in [0.25, 0.3) is 0 Å². The number of carbonyl (C=O) groups excluding carboxylic acids is 1. The normalized spacial score (nSPS) is 10.3. The molecular weight excluding hydrogens is 358 g/mol. The second-order valence-corrected chi connectivity index (χ2v) is 5.98. The van der Waals surface area contributed by atoms with Gasteiger partial charge in [0, 0.05) is 24.7 Å². The van der Waals surface area contributed by atoms with Crippen LogP contribution in [0.3, 0.4) is 0 Å². The zero-order chi connectivity index (χ0) is 16.5. The van der Waals surface area contributed by atoms with Gasteiger partial charge in [-0.1, -0.05) is 28.1 Å². The quantitative estimate of drug-likeness (QED) is 0.691. The SMILES string of the molecule is COCCCNc1ccc(NC(=O)Cc2cccc(Br)c2)cn1. The van der Waals surface area contributed by atoms with Gasteiger partial charge < -0.3 is 15.4 Å². The van der Waals surface area contributed by atoms with Gasteiger partial charge >= 0.3 is 0 Å². The average molecular weight is 378 g/mol. The van der Waals surface area contributed by atoms with E-state index in [1.807, 2.05) is 36.4 Å². The summed E-state index contributed by atoms with van der Waals surface area (Å²) in [5.41, 5.74) is 1.65. The van der Waals surface area contributed by atoms with E-state index in [1.54, 1.807) is 13.3 Å². The Hall–Kier alpha value is -1.92. The zero-order valence-corrected chi connectivity index (χ0v) is 14.6. The van der Waals surface area contributed by atoms with E-state index in [1.165, 1.54) is 0 Å². The molecule has 2 aromatic rings. The fourth-order valence-electron chi connectivity index (χ4n) is 2.04. The number of pyridine rings is 1. The van der Waals surface area contributed by atoms with Crippen molar-refractivity contribution in [2.45, 2.75) is 12.8 Å². The molecule has 0 atom stereocenters. The number of aromatic nitrogens is 1. The number of rotatable bonds is 8. The number of anilines is 2. The largest absolute Gasteiger partial charge is 0.385 e. The third-order valence-corrected chi connectivity index (χ3v) is 3.63. The van der Waals surface area contributed by atoms with E-state index in [9.17, 15) is 4.79 Å². The van der Waals surface area contributed by atoms with E-state index < -0.39 is 0 Å².